The van der Waals surface area contributed by atoms with Gasteiger partial charge in [0.15, 0.2) is 0 Å². The lowest BCUT2D eigenvalue weighted by atomic mass is 10.0. The maximum absolute atomic E-state index is 12.4. The number of nitrogens with one attached hydrogen (secondary N) is 2. The molecule has 0 spiro atoms. The topological polar surface area (TPSA) is 64.8 Å². The lowest BCUT2D eigenvalue weighted by Gasteiger charge is -2.28. The highest BCUT2D eigenvalue weighted by Gasteiger charge is 2.26. The molecule has 26 heavy (non-hydrogen) atoms. The fourth-order valence-electron chi connectivity index (χ4n) is 4.13. The average Bonchev–Trinajstić information content (AvgIpc) is 3.38. The van der Waals surface area contributed by atoms with Crippen LogP contribution in [0.4, 0.5) is 0 Å². The second-order valence-corrected chi connectivity index (χ2v) is 7.82. The lowest BCUT2D eigenvalue weighted by Crippen LogP contribution is -2.35. The molecule has 2 aromatic heterocycles. The highest BCUT2D eigenvalue weighted by Crippen LogP contribution is 2.32. The smallest absolute Gasteiger partial charge is 0.254 e. The molecule has 0 bridgehead atoms. The molecule has 5 heteroatoms. The summed E-state index contributed by atoms with van der Waals surface area (Å²) in [5.74, 6) is 1.60. The number of benzene rings is 1. The zero-order valence-corrected chi connectivity index (χ0v) is 15.1. The van der Waals surface area contributed by atoms with E-state index in [2.05, 4.69) is 46.1 Å². The van der Waals surface area contributed by atoms with Crippen molar-refractivity contribution in [3.63, 3.8) is 0 Å². The first-order valence-corrected chi connectivity index (χ1v) is 9.57. The largest absolute Gasteiger partial charge is 0.358 e. The summed E-state index contributed by atoms with van der Waals surface area (Å²) in [5.41, 5.74) is 5.72. The van der Waals surface area contributed by atoms with Crippen LogP contribution in [0.15, 0.2) is 29.1 Å². The van der Waals surface area contributed by atoms with Gasteiger partial charge in [0.2, 0.25) is 0 Å². The van der Waals surface area contributed by atoms with Gasteiger partial charge in [0, 0.05) is 48.2 Å². The first kappa shape index (κ1) is 15.8. The van der Waals surface area contributed by atoms with Crippen molar-refractivity contribution in [3.05, 3.63) is 63.0 Å². The molecule has 5 rings (SSSR count). The third kappa shape index (κ3) is 2.86. The molecule has 2 N–H and O–H groups in total. The maximum atomic E-state index is 12.4. The van der Waals surface area contributed by atoms with Gasteiger partial charge in [-0.1, -0.05) is 18.2 Å². The number of aromatic nitrogens is 3. The maximum Gasteiger partial charge on any atom is 0.254 e. The number of fused-ring (bicyclic) bond motifs is 2. The zero-order valence-electron chi connectivity index (χ0n) is 15.1. The van der Waals surface area contributed by atoms with Crippen LogP contribution in [-0.4, -0.2) is 26.4 Å². The molecule has 1 fully saturated rings. The van der Waals surface area contributed by atoms with E-state index < -0.39 is 0 Å². The van der Waals surface area contributed by atoms with Crippen molar-refractivity contribution in [1.82, 2.24) is 19.9 Å². The molecule has 0 radical (unpaired) electrons. The van der Waals surface area contributed by atoms with Crippen molar-refractivity contribution in [2.24, 2.45) is 5.92 Å². The molecule has 3 heterocycles. The van der Waals surface area contributed by atoms with Crippen molar-refractivity contribution in [2.45, 2.75) is 45.7 Å². The quantitative estimate of drug-likeness (QED) is 0.761. The predicted octanol–water partition coefficient (Wildman–Crippen LogP) is 3.07. The third-order valence-electron chi connectivity index (χ3n) is 5.79. The molecule has 1 aliphatic carbocycles. The normalized spacial score (nSPS) is 17.6. The Morgan fingerprint density at radius 3 is 2.92 bits per heavy atom. The van der Waals surface area contributed by atoms with Gasteiger partial charge >= 0.3 is 0 Å². The Morgan fingerprint density at radius 1 is 1.23 bits per heavy atom. The van der Waals surface area contributed by atoms with Crippen LogP contribution in [0.3, 0.4) is 0 Å². The summed E-state index contributed by atoms with van der Waals surface area (Å²) in [6.45, 7) is 4.69. The van der Waals surface area contributed by atoms with Gasteiger partial charge in [-0.25, -0.2) is 4.98 Å². The summed E-state index contributed by atoms with van der Waals surface area (Å²) >= 11 is 0. The number of rotatable bonds is 4. The van der Waals surface area contributed by atoms with Gasteiger partial charge in [-0.2, -0.15) is 0 Å². The van der Waals surface area contributed by atoms with Crippen LogP contribution in [0.2, 0.25) is 0 Å². The number of hydrogen-bond acceptors (Lipinski definition) is 3. The highest BCUT2D eigenvalue weighted by atomic mass is 16.1. The van der Waals surface area contributed by atoms with E-state index in [0.717, 1.165) is 55.5 Å². The summed E-state index contributed by atoms with van der Waals surface area (Å²) in [6.07, 6.45) is 4.24. The van der Waals surface area contributed by atoms with Gasteiger partial charge in [0.1, 0.15) is 5.82 Å². The van der Waals surface area contributed by atoms with Crippen molar-refractivity contribution < 1.29 is 0 Å². The minimum absolute atomic E-state index is 0.0774. The Labute approximate surface area is 152 Å². The van der Waals surface area contributed by atoms with Gasteiger partial charge in [-0.3, -0.25) is 9.69 Å². The van der Waals surface area contributed by atoms with Crippen LogP contribution in [0, 0.1) is 12.8 Å². The number of aryl methyl sites for hydroxylation is 1. The van der Waals surface area contributed by atoms with E-state index in [1.54, 1.807) is 0 Å². The molecule has 1 saturated carbocycles. The standard InChI is InChI=1S/C21H24N4O/c1-13-17(15-4-2-3-5-18(15)22-13)11-25-9-8-16-19(12-25)23-20(24-21(16)26)10-14-6-7-14/h2-5,14,22H,6-12H2,1H3,(H,23,24,26). The number of H-pyrrole nitrogens is 2. The van der Waals surface area contributed by atoms with E-state index in [-0.39, 0.29) is 5.56 Å². The minimum Gasteiger partial charge on any atom is -0.358 e. The molecule has 1 aromatic carbocycles. The number of hydrogen-bond donors (Lipinski definition) is 2. The lowest BCUT2D eigenvalue weighted by molar-refractivity contribution is 0.240. The SMILES string of the molecule is Cc1[nH]c2ccccc2c1CN1CCc2c(nc(CC3CC3)[nH]c2=O)C1. The highest BCUT2D eigenvalue weighted by molar-refractivity contribution is 5.84. The molecule has 0 unspecified atom stereocenters. The monoisotopic (exact) mass is 348 g/mol. The second kappa shape index (κ2) is 6.09. The summed E-state index contributed by atoms with van der Waals surface area (Å²) in [7, 11) is 0. The van der Waals surface area contributed by atoms with Gasteiger partial charge < -0.3 is 9.97 Å². The molecule has 134 valence electrons. The van der Waals surface area contributed by atoms with Crippen molar-refractivity contribution in [2.75, 3.05) is 6.54 Å². The van der Waals surface area contributed by atoms with Crippen molar-refractivity contribution >= 4 is 10.9 Å². The molecule has 0 saturated heterocycles. The Balaban J connectivity index is 1.42. The number of aromatic amines is 2. The van der Waals surface area contributed by atoms with Crippen LogP contribution in [0.1, 0.15) is 41.2 Å². The molecular formula is C21H24N4O. The van der Waals surface area contributed by atoms with Crippen LogP contribution >= 0.6 is 0 Å². The average molecular weight is 348 g/mol. The summed E-state index contributed by atoms with van der Waals surface area (Å²) in [5, 5.41) is 1.30. The molecular weight excluding hydrogens is 324 g/mol. The summed E-state index contributed by atoms with van der Waals surface area (Å²) < 4.78 is 0. The van der Waals surface area contributed by atoms with Crippen LogP contribution in [0.5, 0.6) is 0 Å². The van der Waals surface area contributed by atoms with Gasteiger partial charge in [-0.15, -0.1) is 0 Å². The fourth-order valence-corrected chi connectivity index (χ4v) is 4.13. The van der Waals surface area contributed by atoms with Crippen molar-refractivity contribution in [3.8, 4) is 0 Å². The van der Waals surface area contributed by atoms with Crippen LogP contribution < -0.4 is 5.56 Å². The van der Waals surface area contributed by atoms with Crippen molar-refractivity contribution in [1.29, 1.82) is 0 Å². The van der Waals surface area contributed by atoms with E-state index in [9.17, 15) is 4.79 Å². The summed E-state index contributed by atoms with van der Waals surface area (Å²) in [4.78, 5) is 26.1. The molecule has 0 atom stereocenters. The molecule has 3 aromatic rings. The molecule has 2 aliphatic rings. The predicted molar refractivity (Wildman–Crippen MR) is 102 cm³/mol. The van der Waals surface area contributed by atoms with E-state index in [1.165, 1.54) is 35.0 Å². The molecule has 0 amide bonds. The van der Waals surface area contributed by atoms with E-state index in [1.807, 2.05) is 0 Å². The van der Waals surface area contributed by atoms with E-state index >= 15 is 0 Å². The Morgan fingerprint density at radius 2 is 2.08 bits per heavy atom. The van der Waals surface area contributed by atoms with Gasteiger partial charge in [0.05, 0.1) is 5.69 Å². The fraction of sp³-hybridized carbons (Fsp3) is 0.429. The Kier molecular flexibility index (Phi) is 3.71. The summed E-state index contributed by atoms with van der Waals surface area (Å²) in [6, 6.07) is 8.47. The minimum atomic E-state index is 0.0774. The second-order valence-electron chi connectivity index (χ2n) is 7.82. The molecule has 1 aliphatic heterocycles. The first-order valence-electron chi connectivity index (χ1n) is 9.57. The number of para-hydroxylation sites is 1. The third-order valence-corrected chi connectivity index (χ3v) is 5.79. The first-order chi connectivity index (χ1) is 12.7. The van der Waals surface area contributed by atoms with Crippen LogP contribution in [-0.2, 0) is 25.9 Å². The number of nitrogens with zero attached hydrogens (tertiary/aromatic N) is 2. The van der Waals surface area contributed by atoms with Crippen LogP contribution in [0.25, 0.3) is 10.9 Å². The van der Waals surface area contributed by atoms with Gasteiger partial charge in [0.25, 0.3) is 5.56 Å². The molecule has 5 nitrogen and oxygen atoms in total. The Hall–Kier alpha value is -2.40. The van der Waals surface area contributed by atoms with E-state index in [0.29, 0.717) is 0 Å². The Bertz CT molecular complexity index is 1030. The zero-order chi connectivity index (χ0) is 17.7. The van der Waals surface area contributed by atoms with Gasteiger partial charge in [-0.05, 0) is 43.7 Å². The van der Waals surface area contributed by atoms with E-state index in [4.69, 9.17) is 4.98 Å².